The molecule has 0 nitrogen and oxygen atoms in total. The second-order valence-corrected chi connectivity index (χ2v) is 16.3. The predicted octanol–water partition coefficient (Wildman–Crippen LogP) is 12.5. The topological polar surface area (TPSA) is 0 Å². The molecule has 0 aliphatic heterocycles. The fourth-order valence-corrected chi connectivity index (χ4v) is 10.6. The van der Waals surface area contributed by atoms with Crippen molar-refractivity contribution in [3.8, 4) is 0 Å². The van der Waals surface area contributed by atoms with Crippen molar-refractivity contribution >= 4 is 0 Å². The smallest absolute Gasteiger partial charge is 0.000990 e. The lowest BCUT2D eigenvalue weighted by Crippen LogP contribution is -2.52. The van der Waals surface area contributed by atoms with Crippen LogP contribution in [0, 0.1) is 57.7 Å². The van der Waals surface area contributed by atoms with Crippen molar-refractivity contribution in [2.45, 2.75) is 146 Å². The van der Waals surface area contributed by atoms with Crippen molar-refractivity contribution in [1.82, 2.24) is 0 Å². The first kappa shape index (κ1) is 31.9. The first-order valence-corrected chi connectivity index (χ1v) is 17.5. The Morgan fingerprint density at radius 3 is 2.35 bits per heavy atom. The van der Waals surface area contributed by atoms with E-state index in [1.54, 1.807) is 11.1 Å². The largest absolute Gasteiger partial charge is 0.0999 e. The van der Waals surface area contributed by atoms with E-state index in [2.05, 4.69) is 87.6 Å². The molecule has 0 aromatic carbocycles. The van der Waals surface area contributed by atoms with Crippen LogP contribution in [0.1, 0.15) is 146 Å². The summed E-state index contributed by atoms with van der Waals surface area (Å²) < 4.78 is 0. The van der Waals surface area contributed by atoms with E-state index < -0.39 is 0 Å². The summed E-state index contributed by atoms with van der Waals surface area (Å²) in [6.07, 6.45) is 23.0. The lowest BCUT2D eigenvalue weighted by molar-refractivity contribution is -0.0461. The summed E-state index contributed by atoms with van der Waals surface area (Å²) in [6.45, 7) is 31.3. The van der Waals surface area contributed by atoms with E-state index >= 15 is 0 Å². The van der Waals surface area contributed by atoms with Crippen LogP contribution < -0.4 is 0 Å². The van der Waals surface area contributed by atoms with E-state index in [0.29, 0.717) is 28.1 Å². The van der Waals surface area contributed by atoms with Gasteiger partial charge < -0.3 is 0 Å². The van der Waals surface area contributed by atoms with Gasteiger partial charge in [-0.2, -0.15) is 0 Å². The molecule has 10 unspecified atom stereocenters. The van der Waals surface area contributed by atoms with E-state index in [1.165, 1.54) is 94.6 Å². The molecule has 0 N–H and O–H groups in total. The van der Waals surface area contributed by atoms with Crippen LogP contribution in [0.25, 0.3) is 0 Å². The Hall–Kier alpha value is -1.04. The molecule has 4 rings (SSSR count). The lowest BCUT2D eigenvalue weighted by atomic mass is 9.43. The average Bonchev–Trinajstić information content (AvgIpc) is 2.91. The van der Waals surface area contributed by atoms with Crippen LogP contribution in [-0.2, 0) is 0 Å². The minimum atomic E-state index is 0.322. The van der Waals surface area contributed by atoms with Crippen molar-refractivity contribution in [2.24, 2.45) is 57.7 Å². The molecule has 0 radical (unpaired) electrons. The van der Waals surface area contributed by atoms with Gasteiger partial charge in [0.15, 0.2) is 0 Å². The molecular weight excluding hydrogens is 480 g/mol. The van der Waals surface area contributed by atoms with E-state index in [1.807, 2.05) is 0 Å². The molecule has 0 heterocycles. The molecule has 4 aliphatic rings. The zero-order chi connectivity index (χ0) is 29.5. The Morgan fingerprint density at radius 2 is 1.73 bits per heavy atom. The summed E-state index contributed by atoms with van der Waals surface area (Å²) in [5, 5.41) is 0. The number of fused-ring (bicyclic) bond motifs is 5. The van der Waals surface area contributed by atoms with Gasteiger partial charge in [-0.1, -0.05) is 97.8 Å². The molecule has 0 spiro atoms. The fraction of sp³-hybridized carbons (Fsp3) is 0.800. The van der Waals surface area contributed by atoms with Gasteiger partial charge in [0.2, 0.25) is 0 Å². The third-order valence-electron chi connectivity index (χ3n) is 13.9. The Labute approximate surface area is 250 Å². The number of allylic oxidation sites excluding steroid dienone is 6. The van der Waals surface area contributed by atoms with Gasteiger partial charge in [-0.25, -0.2) is 0 Å². The van der Waals surface area contributed by atoms with E-state index in [4.69, 9.17) is 0 Å². The first-order valence-electron chi connectivity index (χ1n) is 17.5. The quantitative estimate of drug-likeness (QED) is 0.226. The van der Waals surface area contributed by atoms with Crippen LogP contribution in [-0.4, -0.2) is 0 Å². The van der Waals surface area contributed by atoms with E-state index in [0.717, 1.165) is 29.6 Å². The fourth-order valence-electron chi connectivity index (χ4n) is 10.6. The third-order valence-corrected chi connectivity index (χ3v) is 13.9. The Morgan fingerprint density at radius 1 is 1.00 bits per heavy atom. The molecule has 0 aromatic rings. The predicted molar refractivity (Wildman–Crippen MR) is 177 cm³/mol. The zero-order valence-electron chi connectivity index (χ0n) is 28.3. The highest BCUT2D eigenvalue weighted by Gasteiger charge is 2.58. The molecule has 4 aliphatic carbocycles. The summed E-state index contributed by atoms with van der Waals surface area (Å²) in [5.74, 6) is 5.50. The molecule has 0 aromatic heterocycles. The molecule has 40 heavy (non-hydrogen) atoms. The van der Waals surface area contributed by atoms with Crippen LogP contribution in [0.5, 0.6) is 0 Å². The van der Waals surface area contributed by atoms with Crippen molar-refractivity contribution in [1.29, 1.82) is 0 Å². The van der Waals surface area contributed by atoms with E-state index in [-0.39, 0.29) is 0 Å². The Kier molecular flexibility index (Phi) is 9.80. The standard InChI is InChI=1S/C40H66/c1-12-32(26-33(13-2)27(3)4)24-29(7)16-20-38(10)31(9)18-21-39(11)35-19-23-40(28(5)6)22-17-30(8)25-36(40)34(35)14-15-37(38)39/h14,19,29-33,36-37H,3,5,12-13,15-18,20-26H2,1-2,4,6-11H3. The van der Waals surface area contributed by atoms with Gasteiger partial charge in [0, 0.05) is 5.41 Å². The summed E-state index contributed by atoms with van der Waals surface area (Å²) in [6, 6.07) is 0. The van der Waals surface area contributed by atoms with Crippen LogP contribution in [0.2, 0.25) is 0 Å². The maximum atomic E-state index is 4.58. The monoisotopic (exact) mass is 547 g/mol. The Bertz CT molecular complexity index is 992. The normalized spacial score (nSPS) is 39.5. The van der Waals surface area contributed by atoms with Crippen molar-refractivity contribution < 1.29 is 0 Å². The van der Waals surface area contributed by atoms with Gasteiger partial charge in [0.1, 0.15) is 0 Å². The van der Waals surface area contributed by atoms with E-state index in [9.17, 15) is 0 Å². The van der Waals surface area contributed by atoms with Crippen LogP contribution in [0.15, 0.2) is 47.6 Å². The van der Waals surface area contributed by atoms with Gasteiger partial charge >= 0.3 is 0 Å². The minimum Gasteiger partial charge on any atom is -0.0999 e. The maximum Gasteiger partial charge on any atom is 0.000990 e. The summed E-state index contributed by atoms with van der Waals surface area (Å²) in [7, 11) is 0. The molecule has 2 fully saturated rings. The van der Waals surface area contributed by atoms with Crippen molar-refractivity contribution in [3.05, 3.63) is 47.6 Å². The van der Waals surface area contributed by atoms with Crippen LogP contribution in [0.4, 0.5) is 0 Å². The van der Waals surface area contributed by atoms with Gasteiger partial charge in [-0.3, -0.25) is 0 Å². The third kappa shape index (κ3) is 5.65. The molecule has 226 valence electrons. The molecule has 0 amide bonds. The van der Waals surface area contributed by atoms with Crippen molar-refractivity contribution in [2.75, 3.05) is 0 Å². The molecule has 2 saturated carbocycles. The highest BCUT2D eigenvalue weighted by molar-refractivity contribution is 5.48. The van der Waals surface area contributed by atoms with Gasteiger partial charge in [0.05, 0.1) is 0 Å². The summed E-state index contributed by atoms with van der Waals surface area (Å²) in [5.41, 5.74) is 7.48. The zero-order valence-corrected chi connectivity index (χ0v) is 28.3. The highest BCUT2D eigenvalue weighted by atomic mass is 14.6. The first-order chi connectivity index (χ1) is 18.8. The second kappa shape index (κ2) is 12.3. The maximum absolute atomic E-state index is 4.58. The molecule has 0 bridgehead atoms. The number of hydrogen-bond donors (Lipinski definition) is 0. The van der Waals surface area contributed by atoms with Gasteiger partial charge in [-0.15, -0.1) is 0 Å². The lowest BCUT2D eigenvalue weighted by Gasteiger charge is -2.62. The highest BCUT2D eigenvalue weighted by Crippen LogP contribution is 2.67. The second-order valence-electron chi connectivity index (χ2n) is 16.3. The van der Waals surface area contributed by atoms with Crippen molar-refractivity contribution in [3.63, 3.8) is 0 Å². The number of rotatable bonds is 11. The molecular formula is C40H66. The van der Waals surface area contributed by atoms with Crippen LogP contribution in [0.3, 0.4) is 0 Å². The van der Waals surface area contributed by atoms with Gasteiger partial charge in [-0.05, 0) is 148 Å². The SMILES string of the molecule is C=C(C)C(CC)CC(CC)CC(C)CCC1(C)C(C)CCC2(C)C3=CCC4(C(=C)C)CCC(C)CC4C3=CCC21. The summed E-state index contributed by atoms with van der Waals surface area (Å²) in [4.78, 5) is 0. The summed E-state index contributed by atoms with van der Waals surface area (Å²) >= 11 is 0. The average molecular weight is 547 g/mol. The molecule has 0 saturated heterocycles. The molecule has 0 heteroatoms. The van der Waals surface area contributed by atoms with Crippen LogP contribution >= 0.6 is 0 Å². The van der Waals surface area contributed by atoms with Gasteiger partial charge in [0.25, 0.3) is 0 Å². The number of hydrogen-bond acceptors (Lipinski definition) is 0. The molecule has 10 atom stereocenters. The minimum absolute atomic E-state index is 0.322. The Balaban J connectivity index is 1.53.